The number of likely N-dealkylation sites (tertiary alicyclic amines) is 1. The summed E-state index contributed by atoms with van der Waals surface area (Å²) in [4.78, 5) is 14.0. The Morgan fingerprint density at radius 2 is 1.71 bits per heavy atom. The predicted octanol–water partition coefficient (Wildman–Crippen LogP) is 2.12. The number of rotatable bonds is 2. The molecule has 1 unspecified atom stereocenters. The van der Waals surface area contributed by atoms with Crippen molar-refractivity contribution in [1.29, 1.82) is 0 Å². The molecule has 1 fully saturated rings. The van der Waals surface area contributed by atoms with Gasteiger partial charge < -0.3 is 10.6 Å². The molecule has 2 N–H and O–H groups in total. The van der Waals surface area contributed by atoms with Gasteiger partial charge in [0.15, 0.2) is 0 Å². The highest BCUT2D eigenvalue weighted by Gasteiger charge is 2.23. The summed E-state index contributed by atoms with van der Waals surface area (Å²) < 4.78 is 0. The van der Waals surface area contributed by atoms with E-state index in [1.807, 2.05) is 35.2 Å². The minimum Gasteiger partial charge on any atom is -0.341 e. The van der Waals surface area contributed by atoms with Gasteiger partial charge in [0.2, 0.25) is 5.91 Å². The van der Waals surface area contributed by atoms with E-state index >= 15 is 0 Å². The second kappa shape index (κ2) is 6.62. The molecule has 0 bridgehead atoms. The van der Waals surface area contributed by atoms with Crippen molar-refractivity contribution in [3.63, 3.8) is 0 Å². The summed E-state index contributed by atoms with van der Waals surface area (Å²) >= 11 is 0. The zero-order valence-electron chi connectivity index (χ0n) is 9.84. The molecule has 17 heavy (non-hydrogen) atoms. The third-order valence-electron chi connectivity index (χ3n) is 3.09. The number of hydrogen-bond donors (Lipinski definition) is 1. The average Bonchev–Trinajstić information content (AvgIpc) is 2.39. The maximum absolute atomic E-state index is 12.1. The largest absolute Gasteiger partial charge is 0.341 e. The van der Waals surface area contributed by atoms with E-state index in [9.17, 15) is 4.79 Å². The number of amides is 1. The van der Waals surface area contributed by atoms with E-state index in [-0.39, 0.29) is 18.3 Å². The number of benzene rings is 1. The summed E-state index contributed by atoms with van der Waals surface area (Å²) in [5, 5.41) is 0. The Kier molecular flexibility index (Phi) is 5.45. The fraction of sp³-hybridized carbons (Fsp3) is 0.462. The van der Waals surface area contributed by atoms with Gasteiger partial charge in [-0.3, -0.25) is 4.79 Å². The van der Waals surface area contributed by atoms with Gasteiger partial charge in [-0.1, -0.05) is 30.3 Å². The molecule has 1 aromatic carbocycles. The Hall–Kier alpha value is -1.06. The van der Waals surface area contributed by atoms with Crippen LogP contribution in [0.25, 0.3) is 0 Å². The Bertz CT molecular complexity index is 350. The fourth-order valence-corrected chi connectivity index (χ4v) is 2.11. The maximum Gasteiger partial charge on any atom is 0.244 e. The van der Waals surface area contributed by atoms with E-state index < -0.39 is 6.04 Å². The highest BCUT2D eigenvalue weighted by molar-refractivity contribution is 5.85. The summed E-state index contributed by atoms with van der Waals surface area (Å²) in [7, 11) is 0. The summed E-state index contributed by atoms with van der Waals surface area (Å²) in [5.41, 5.74) is 6.88. The van der Waals surface area contributed by atoms with Gasteiger partial charge in [0.25, 0.3) is 0 Å². The van der Waals surface area contributed by atoms with Crippen LogP contribution < -0.4 is 5.73 Å². The quantitative estimate of drug-likeness (QED) is 0.879. The van der Waals surface area contributed by atoms with Crippen LogP contribution >= 0.6 is 12.4 Å². The highest BCUT2D eigenvalue weighted by Crippen LogP contribution is 2.16. The standard InChI is InChI=1S/C13H18N2O.ClH/c14-12(11-7-3-1-4-8-11)13(16)15-9-5-2-6-10-15;/h1,3-4,7-8,12H,2,5-6,9-10,14H2;1H. The van der Waals surface area contributed by atoms with Gasteiger partial charge in [0, 0.05) is 13.1 Å². The van der Waals surface area contributed by atoms with Crippen molar-refractivity contribution in [2.75, 3.05) is 13.1 Å². The molecule has 94 valence electrons. The van der Waals surface area contributed by atoms with E-state index in [2.05, 4.69) is 0 Å². The normalized spacial score (nSPS) is 17.1. The first-order chi connectivity index (χ1) is 7.79. The zero-order chi connectivity index (χ0) is 11.4. The van der Waals surface area contributed by atoms with Gasteiger partial charge in [-0.15, -0.1) is 12.4 Å². The fourth-order valence-electron chi connectivity index (χ4n) is 2.11. The molecule has 0 spiro atoms. The Morgan fingerprint density at radius 3 is 2.29 bits per heavy atom. The molecule has 0 saturated carbocycles. The highest BCUT2D eigenvalue weighted by atomic mass is 35.5. The number of carbonyl (C=O) groups excluding carboxylic acids is 1. The lowest BCUT2D eigenvalue weighted by Crippen LogP contribution is -2.41. The summed E-state index contributed by atoms with van der Waals surface area (Å²) in [6.07, 6.45) is 3.44. The van der Waals surface area contributed by atoms with Crippen LogP contribution in [0.1, 0.15) is 30.9 Å². The number of halogens is 1. The number of piperidine rings is 1. The number of nitrogens with zero attached hydrogens (tertiary/aromatic N) is 1. The van der Waals surface area contributed by atoms with Crippen LogP contribution in [0.15, 0.2) is 30.3 Å². The molecule has 2 rings (SSSR count). The van der Waals surface area contributed by atoms with Crippen molar-refractivity contribution in [2.24, 2.45) is 5.73 Å². The van der Waals surface area contributed by atoms with Crippen molar-refractivity contribution >= 4 is 18.3 Å². The van der Waals surface area contributed by atoms with Crippen LogP contribution in [0.3, 0.4) is 0 Å². The molecule has 1 aliphatic rings. The van der Waals surface area contributed by atoms with Gasteiger partial charge in [-0.25, -0.2) is 0 Å². The van der Waals surface area contributed by atoms with E-state index in [0.717, 1.165) is 31.5 Å². The lowest BCUT2D eigenvalue weighted by Gasteiger charge is -2.29. The van der Waals surface area contributed by atoms with Crippen molar-refractivity contribution in [3.05, 3.63) is 35.9 Å². The molecule has 1 aliphatic heterocycles. The molecule has 1 aromatic rings. The third-order valence-corrected chi connectivity index (χ3v) is 3.09. The maximum atomic E-state index is 12.1. The van der Waals surface area contributed by atoms with E-state index in [1.165, 1.54) is 6.42 Å². The Labute approximate surface area is 108 Å². The van der Waals surface area contributed by atoms with Crippen LogP contribution in [0.5, 0.6) is 0 Å². The van der Waals surface area contributed by atoms with Crippen molar-refractivity contribution < 1.29 is 4.79 Å². The third kappa shape index (κ3) is 3.45. The lowest BCUT2D eigenvalue weighted by molar-refractivity contribution is -0.133. The molecule has 1 amide bonds. The molecule has 3 nitrogen and oxygen atoms in total. The van der Waals surface area contributed by atoms with E-state index in [4.69, 9.17) is 5.73 Å². The summed E-state index contributed by atoms with van der Waals surface area (Å²) in [6.45, 7) is 1.72. The topological polar surface area (TPSA) is 46.3 Å². The van der Waals surface area contributed by atoms with Gasteiger partial charge in [0.05, 0.1) is 0 Å². The molecule has 1 atom stereocenters. The Morgan fingerprint density at radius 1 is 1.12 bits per heavy atom. The van der Waals surface area contributed by atoms with Crippen molar-refractivity contribution in [1.82, 2.24) is 4.90 Å². The molecule has 0 aromatic heterocycles. The molecule has 1 saturated heterocycles. The predicted molar refractivity (Wildman–Crippen MR) is 71.0 cm³/mol. The van der Waals surface area contributed by atoms with E-state index in [1.54, 1.807) is 0 Å². The first-order valence-electron chi connectivity index (χ1n) is 5.88. The van der Waals surface area contributed by atoms with Gasteiger partial charge in [-0.05, 0) is 24.8 Å². The molecule has 1 heterocycles. The zero-order valence-corrected chi connectivity index (χ0v) is 10.7. The number of nitrogens with two attached hydrogens (primary N) is 1. The number of hydrogen-bond acceptors (Lipinski definition) is 2. The first kappa shape index (κ1) is 14.0. The van der Waals surface area contributed by atoms with Crippen LogP contribution in [0.4, 0.5) is 0 Å². The molecule has 0 aliphatic carbocycles. The van der Waals surface area contributed by atoms with Crippen molar-refractivity contribution in [2.45, 2.75) is 25.3 Å². The number of carbonyl (C=O) groups is 1. The lowest BCUT2D eigenvalue weighted by atomic mass is 10.0. The molecule has 4 heteroatoms. The summed E-state index contributed by atoms with van der Waals surface area (Å²) in [6, 6.07) is 9.08. The smallest absolute Gasteiger partial charge is 0.244 e. The van der Waals surface area contributed by atoms with Gasteiger partial charge >= 0.3 is 0 Å². The minimum absolute atomic E-state index is 0. The van der Waals surface area contributed by atoms with Crippen molar-refractivity contribution in [3.8, 4) is 0 Å². The van der Waals surface area contributed by atoms with Gasteiger partial charge in [-0.2, -0.15) is 0 Å². The SMILES string of the molecule is Cl.NC(C(=O)N1CCCCC1)c1ccccc1. The van der Waals surface area contributed by atoms with Crippen LogP contribution in [0.2, 0.25) is 0 Å². The minimum atomic E-state index is -0.501. The van der Waals surface area contributed by atoms with E-state index in [0.29, 0.717) is 0 Å². The second-order valence-electron chi connectivity index (χ2n) is 4.27. The van der Waals surface area contributed by atoms with Crippen LogP contribution in [-0.4, -0.2) is 23.9 Å². The average molecular weight is 255 g/mol. The first-order valence-corrected chi connectivity index (χ1v) is 5.88. The molecule has 0 radical (unpaired) electrons. The molecular formula is C13H19ClN2O. The monoisotopic (exact) mass is 254 g/mol. The Balaban J connectivity index is 0.00000144. The van der Waals surface area contributed by atoms with Gasteiger partial charge in [0.1, 0.15) is 6.04 Å². The second-order valence-corrected chi connectivity index (χ2v) is 4.27. The summed E-state index contributed by atoms with van der Waals surface area (Å²) in [5.74, 6) is 0.0610. The molecular weight excluding hydrogens is 236 g/mol. The van der Waals surface area contributed by atoms with Crippen LogP contribution in [-0.2, 0) is 4.79 Å². The van der Waals surface area contributed by atoms with Crippen LogP contribution in [0, 0.1) is 0 Å².